The van der Waals surface area contributed by atoms with Gasteiger partial charge in [0.15, 0.2) is 0 Å². The fourth-order valence-corrected chi connectivity index (χ4v) is 2.47. The second kappa shape index (κ2) is 6.41. The molecule has 1 amide bonds. The summed E-state index contributed by atoms with van der Waals surface area (Å²) in [4.78, 5) is 22.2. The van der Waals surface area contributed by atoms with Gasteiger partial charge in [-0.2, -0.15) is 0 Å². The van der Waals surface area contributed by atoms with Crippen LogP contribution in [0.4, 0.5) is 0 Å². The Morgan fingerprint density at radius 2 is 1.95 bits per heavy atom. The zero-order chi connectivity index (χ0) is 15.6. The van der Waals surface area contributed by atoms with Crippen LogP contribution in [0.2, 0.25) is 10.0 Å². The molecule has 1 heterocycles. The van der Waals surface area contributed by atoms with Crippen molar-refractivity contribution < 1.29 is 4.79 Å². The Labute approximate surface area is 133 Å². The third-order valence-electron chi connectivity index (χ3n) is 3.31. The SMILES string of the molecule is Cc1cnc(C(=O)N(C)[C@H](C)c2ccc(Cl)cc2Cl)cn1. The fraction of sp³-hybridized carbons (Fsp3) is 0.267. The normalized spacial score (nSPS) is 12.0. The zero-order valence-electron chi connectivity index (χ0n) is 12.0. The van der Waals surface area contributed by atoms with E-state index in [1.54, 1.807) is 30.3 Å². The van der Waals surface area contributed by atoms with Crippen molar-refractivity contribution in [1.29, 1.82) is 0 Å². The Balaban J connectivity index is 2.24. The Morgan fingerprint density at radius 1 is 1.24 bits per heavy atom. The van der Waals surface area contributed by atoms with E-state index >= 15 is 0 Å². The maximum absolute atomic E-state index is 12.4. The van der Waals surface area contributed by atoms with Crippen LogP contribution >= 0.6 is 23.2 Å². The van der Waals surface area contributed by atoms with Gasteiger partial charge < -0.3 is 4.90 Å². The predicted octanol–water partition coefficient (Wildman–Crippen LogP) is 3.93. The number of benzene rings is 1. The maximum atomic E-state index is 12.4. The summed E-state index contributed by atoms with van der Waals surface area (Å²) >= 11 is 12.1. The average molecular weight is 324 g/mol. The van der Waals surface area contributed by atoms with Crippen LogP contribution in [0.3, 0.4) is 0 Å². The van der Waals surface area contributed by atoms with Crippen LogP contribution in [-0.4, -0.2) is 27.8 Å². The molecule has 1 aromatic heterocycles. The Hall–Kier alpha value is -1.65. The molecule has 6 heteroatoms. The topological polar surface area (TPSA) is 46.1 Å². The number of nitrogens with zero attached hydrogens (tertiary/aromatic N) is 3. The number of aromatic nitrogens is 2. The van der Waals surface area contributed by atoms with Crippen molar-refractivity contribution >= 4 is 29.1 Å². The molecule has 0 unspecified atom stereocenters. The highest BCUT2D eigenvalue weighted by Gasteiger charge is 2.21. The van der Waals surface area contributed by atoms with Gasteiger partial charge in [0.05, 0.1) is 17.9 Å². The summed E-state index contributed by atoms with van der Waals surface area (Å²) in [5.74, 6) is -0.207. The second-order valence-corrected chi connectivity index (χ2v) is 5.64. The molecule has 0 spiro atoms. The number of rotatable bonds is 3. The molecule has 21 heavy (non-hydrogen) atoms. The lowest BCUT2D eigenvalue weighted by atomic mass is 10.1. The van der Waals surface area contributed by atoms with Crippen molar-refractivity contribution in [2.45, 2.75) is 19.9 Å². The summed E-state index contributed by atoms with van der Waals surface area (Å²) in [7, 11) is 1.71. The first-order valence-electron chi connectivity index (χ1n) is 6.41. The smallest absolute Gasteiger partial charge is 0.274 e. The highest BCUT2D eigenvalue weighted by Crippen LogP contribution is 2.29. The van der Waals surface area contributed by atoms with E-state index in [9.17, 15) is 4.79 Å². The van der Waals surface area contributed by atoms with Crippen molar-refractivity contribution in [2.75, 3.05) is 7.05 Å². The summed E-state index contributed by atoms with van der Waals surface area (Å²) in [5.41, 5.74) is 1.90. The molecule has 0 aliphatic carbocycles. The summed E-state index contributed by atoms with van der Waals surface area (Å²) in [6.07, 6.45) is 3.05. The van der Waals surface area contributed by atoms with Gasteiger partial charge in [0, 0.05) is 23.3 Å². The Kier molecular flexibility index (Phi) is 4.80. The van der Waals surface area contributed by atoms with E-state index in [1.807, 2.05) is 19.9 Å². The van der Waals surface area contributed by atoms with Crippen LogP contribution in [0.25, 0.3) is 0 Å². The largest absolute Gasteiger partial charge is 0.334 e. The first kappa shape index (κ1) is 15.7. The van der Waals surface area contributed by atoms with Gasteiger partial charge in [0.2, 0.25) is 0 Å². The first-order chi connectivity index (χ1) is 9.90. The van der Waals surface area contributed by atoms with Gasteiger partial charge in [-0.1, -0.05) is 29.3 Å². The Bertz CT molecular complexity index is 658. The third-order valence-corrected chi connectivity index (χ3v) is 3.88. The molecule has 0 aliphatic heterocycles. The number of amides is 1. The number of halogens is 2. The number of carbonyl (C=O) groups excluding carboxylic acids is 1. The number of aryl methyl sites for hydroxylation is 1. The summed E-state index contributed by atoms with van der Waals surface area (Å²) in [6.45, 7) is 3.72. The van der Waals surface area contributed by atoms with Crippen LogP contribution in [0.1, 0.15) is 34.7 Å². The van der Waals surface area contributed by atoms with Crippen LogP contribution in [-0.2, 0) is 0 Å². The van der Waals surface area contributed by atoms with Crippen molar-refractivity contribution in [2.24, 2.45) is 0 Å². The highest BCUT2D eigenvalue weighted by molar-refractivity contribution is 6.35. The van der Waals surface area contributed by atoms with Gasteiger partial charge in [-0.15, -0.1) is 0 Å². The van der Waals surface area contributed by atoms with Gasteiger partial charge in [-0.3, -0.25) is 9.78 Å². The molecule has 0 radical (unpaired) electrons. The number of hydrogen-bond donors (Lipinski definition) is 0. The minimum absolute atomic E-state index is 0.203. The van der Waals surface area contributed by atoms with Gasteiger partial charge in [0.25, 0.3) is 5.91 Å². The van der Waals surface area contributed by atoms with Gasteiger partial charge in [-0.25, -0.2) is 4.98 Å². The van der Waals surface area contributed by atoms with Gasteiger partial charge in [-0.05, 0) is 31.5 Å². The van der Waals surface area contributed by atoms with E-state index in [0.29, 0.717) is 15.7 Å². The van der Waals surface area contributed by atoms with Crippen LogP contribution in [0, 0.1) is 6.92 Å². The number of carbonyl (C=O) groups is 1. The molecule has 0 aliphatic rings. The van der Waals surface area contributed by atoms with E-state index < -0.39 is 0 Å². The van der Waals surface area contributed by atoms with Crippen LogP contribution in [0.15, 0.2) is 30.6 Å². The molecular formula is C15H15Cl2N3O. The minimum atomic E-state index is -0.207. The molecule has 1 atom stereocenters. The third kappa shape index (κ3) is 3.52. The summed E-state index contributed by atoms with van der Waals surface area (Å²) in [5, 5.41) is 1.10. The van der Waals surface area contributed by atoms with E-state index in [-0.39, 0.29) is 11.9 Å². The van der Waals surface area contributed by atoms with Crippen molar-refractivity contribution in [3.05, 3.63) is 57.6 Å². The molecule has 0 saturated heterocycles. The highest BCUT2D eigenvalue weighted by atomic mass is 35.5. The lowest BCUT2D eigenvalue weighted by Crippen LogP contribution is -2.30. The zero-order valence-corrected chi connectivity index (χ0v) is 13.5. The molecule has 0 bridgehead atoms. The van der Waals surface area contributed by atoms with Gasteiger partial charge in [0.1, 0.15) is 5.69 Å². The maximum Gasteiger partial charge on any atom is 0.274 e. The molecular weight excluding hydrogens is 309 g/mol. The monoisotopic (exact) mass is 323 g/mol. The van der Waals surface area contributed by atoms with Crippen molar-refractivity contribution in [3.63, 3.8) is 0 Å². The lowest BCUT2D eigenvalue weighted by Gasteiger charge is -2.25. The van der Waals surface area contributed by atoms with E-state index in [1.165, 1.54) is 6.20 Å². The lowest BCUT2D eigenvalue weighted by molar-refractivity contribution is 0.0736. The standard InChI is InChI=1S/C15H15Cl2N3O/c1-9-7-19-14(8-18-9)15(21)20(3)10(2)12-5-4-11(16)6-13(12)17/h4-8,10H,1-3H3/t10-/m1/s1. The van der Waals surface area contributed by atoms with Gasteiger partial charge >= 0.3 is 0 Å². The quantitative estimate of drug-likeness (QED) is 0.859. The summed E-state index contributed by atoms with van der Waals surface area (Å²) < 4.78 is 0. The minimum Gasteiger partial charge on any atom is -0.334 e. The first-order valence-corrected chi connectivity index (χ1v) is 7.16. The van der Waals surface area contributed by atoms with E-state index in [2.05, 4.69) is 9.97 Å². The molecule has 1 aromatic carbocycles. The van der Waals surface area contributed by atoms with Crippen LogP contribution in [0.5, 0.6) is 0 Å². The predicted molar refractivity (Wildman–Crippen MR) is 83.7 cm³/mol. The van der Waals surface area contributed by atoms with Crippen molar-refractivity contribution in [3.8, 4) is 0 Å². The summed E-state index contributed by atoms with van der Waals surface area (Å²) in [6, 6.07) is 5.03. The molecule has 0 saturated carbocycles. The van der Waals surface area contributed by atoms with Crippen molar-refractivity contribution in [1.82, 2.24) is 14.9 Å². The molecule has 2 aromatic rings. The number of hydrogen-bond acceptors (Lipinski definition) is 3. The molecule has 110 valence electrons. The fourth-order valence-electron chi connectivity index (χ4n) is 1.91. The second-order valence-electron chi connectivity index (χ2n) is 4.80. The van der Waals surface area contributed by atoms with E-state index in [0.717, 1.165) is 11.3 Å². The average Bonchev–Trinajstić information content (AvgIpc) is 2.46. The van der Waals surface area contributed by atoms with E-state index in [4.69, 9.17) is 23.2 Å². The van der Waals surface area contributed by atoms with Crippen LogP contribution < -0.4 is 0 Å². The Morgan fingerprint density at radius 3 is 2.52 bits per heavy atom. The molecule has 0 fully saturated rings. The molecule has 0 N–H and O–H groups in total. The molecule has 2 rings (SSSR count). The molecule has 4 nitrogen and oxygen atoms in total.